The molecule has 1 N–H and O–H groups in total. The van der Waals surface area contributed by atoms with E-state index in [2.05, 4.69) is 23.1 Å². The molecule has 138 valence electrons. The minimum atomic E-state index is -0.852. The van der Waals surface area contributed by atoms with Crippen LogP contribution in [0.2, 0.25) is 0 Å². The van der Waals surface area contributed by atoms with E-state index in [9.17, 15) is 9.90 Å². The lowest BCUT2D eigenvalue weighted by Gasteiger charge is -2.37. The molecule has 0 radical (unpaired) electrons. The number of rotatable bonds is 3. The third kappa shape index (κ3) is 3.39. The SMILES string of the molecule is CN(Cc1cccc2c1CC[C@H]1[C@@H]2CCN1C1CCCC1)C(=O)O.Cl. The van der Waals surface area contributed by atoms with Crippen LogP contribution in [0.1, 0.15) is 61.1 Å². The van der Waals surface area contributed by atoms with Gasteiger partial charge in [-0.3, -0.25) is 4.90 Å². The van der Waals surface area contributed by atoms with Gasteiger partial charge in [0.1, 0.15) is 0 Å². The van der Waals surface area contributed by atoms with Gasteiger partial charge in [0, 0.05) is 31.6 Å². The van der Waals surface area contributed by atoms with Crippen molar-refractivity contribution in [3.05, 3.63) is 34.9 Å². The Balaban J connectivity index is 0.00000182. The molecule has 1 saturated heterocycles. The van der Waals surface area contributed by atoms with E-state index in [4.69, 9.17) is 0 Å². The van der Waals surface area contributed by atoms with Crippen molar-refractivity contribution in [2.45, 2.75) is 69.5 Å². The number of hydrogen-bond acceptors (Lipinski definition) is 2. The van der Waals surface area contributed by atoms with Crippen molar-refractivity contribution < 1.29 is 9.90 Å². The molecule has 1 saturated carbocycles. The number of amides is 1. The Morgan fingerprint density at radius 1 is 1.24 bits per heavy atom. The highest BCUT2D eigenvalue weighted by Crippen LogP contribution is 2.45. The molecule has 0 aromatic heterocycles. The number of nitrogens with zero attached hydrogens (tertiary/aromatic N) is 2. The molecular formula is C20H29ClN2O2. The van der Waals surface area contributed by atoms with Gasteiger partial charge in [-0.25, -0.2) is 4.79 Å². The van der Waals surface area contributed by atoms with Crippen LogP contribution in [-0.4, -0.2) is 46.7 Å². The van der Waals surface area contributed by atoms with Gasteiger partial charge in [-0.2, -0.15) is 0 Å². The van der Waals surface area contributed by atoms with Crippen molar-refractivity contribution >= 4 is 18.5 Å². The molecule has 2 atom stereocenters. The fourth-order valence-electron chi connectivity index (χ4n) is 5.37. The van der Waals surface area contributed by atoms with E-state index in [-0.39, 0.29) is 12.4 Å². The largest absolute Gasteiger partial charge is 0.465 e. The number of carboxylic acid groups (broad SMARTS) is 1. The first-order valence-corrected chi connectivity index (χ1v) is 9.45. The average molecular weight is 365 g/mol. The van der Waals surface area contributed by atoms with Crippen molar-refractivity contribution in [2.75, 3.05) is 13.6 Å². The van der Waals surface area contributed by atoms with Crippen LogP contribution in [0, 0.1) is 0 Å². The topological polar surface area (TPSA) is 43.8 Å². The Bertz CT molecular complexity index is 630. The van der Waals surface area contributed by atoms with Gasteiger partial charge < -0.3 is 10.0 Å². The number of carbonyl (C=O) groups is 1. The van der Waals surface area contributed by atoms with Crippen molar-refractivity contribution in [1.29, 1.82) is 0 Å². The standard InChI is InChI=1S/C20H28N2O2.ClH/c1-21(20(23)24)13-14-5-4-8-17-16(14)9-10-19-18(17)11-12-22(19)15-6-2-3-7-15;/h4-5,8,15,18-19H,2-3,6-7,9-13H2,1H3,(H,23,24);1H/t18-,19+;/m1./s1. The highest BCUT2D eigenvalue weighted by atomic mass is 35.5. The number of likely N-dealkylation sites (tertiary alicyclic amines) is 1. The Morgan fingerprint density at radius 2 is 2.00 bits per heavy atom. The van der Waals surface area contributed by atoms with Gasteiger partial charge in [-0.05, 0) is 55.3 Å². The third-order valence-electron chi connectivity index (χ3n) is 6.52. The van der Waals surface area contributed by atoms with E-state index in [0.717, 1.165) is 12.5 Å². The monoisotopic (exact) mass is 364 g/mol. The Kier molecular flexibility index (Phi) is 5.59. The second kappa shape index (κ2) is 7.55. The number of fused-ring (bicyclic) bond motifs is 3. The highest BCUT2D eigenvalue weighted by Gasteiger charge is 2.42. The van der Waals surface area contributed by atoms with Gasteiger partial charge in [0.05, 0.1) is 0 Å². The fraction of sp³-hybridized carbons (Fsp3) is 0.650. The zero-order valence-electron chi connectivity index (χ0n) is 15.0. The summed E-state index contributed by atoms with van der Waals surface area (Å²) in [5.74, 6) is 0.657. The van der Waals surface area contributed by atoms with Crippen LogP contribution < -0.4 is 0 Å². The molecule has 1 aliphatic heterocycles. The van der Waals surface area contributed by atoms with Crippen LogP contribution in [0.15, 0.2) is 18.2 Å². The molecule has 2 fully saturated rings. The van der Waals surface area contributed by atoms with Crippen LogP contribution in [0.3, 0.4) is 0 Å². The molecule has 4 nitrogen and oxygen atoms in total. The molecular weight excluding hydrogens is 336 g/mol. The molecule has 4 rings (SSSR count). The normalized spacial score (nSPS) is 26.0. The van der Waals surface area contributed by atoms with E-state index in [1.807, 2.05) is 0 Å². The molecule has 5 heteroatoms. The first-order valence-electron chi connectivity index (χ1n) is 9.45. The molecule has 3 aliphatic rings. The predicted octanol–water partition coefficient (Wildman–Crippen LogP) is 4.26. The zero-order chi connectivity index (χ0) is 16.7. The minimum Gasteiger partial charge on any atom is -0.465 e. The van der Waals surface area contributed by atoms with E-state index in [1.165, 1.54) is 66.7 Å². The summed E-state index contributed by atoms with van der Waals surface area (Å²) < 4.78 is 0. The molecule has 2 aliphatic carbocycles. The first kappa shape index (κ1) is 18.5. The zero-order valence-corrected chi connectivity index (χ0v) is 15.8. The maximum atomic E-state index is 11.2. The minimum absolute atomic E-state index is 0. The lowest BCUT2D eigenvalue weighted by molar-refractivity contribution is 0.153. The number of benzene rings is 1. The second-order valence-corrected chi connectivity index (χ2v) is 7.80. The Morgan fingerprint density at radius 3 is 2.72 bits per heavy atom. The van der Waals surface area contributed by atoms with Gasteiger partial charge in [-0.15, -0.1) is 12.4 Å². The summed E-state index contributed by atoms with van der Waals surface area (Å²) in [6.07, 6.45) is 8.34. The average Bonchev–Trinajstić information content (AvgIpc) is 3.23. The summed E-state index contributed by atoms with van der Waals surface area (Å²) in [7, 11) is 1.66. The maximum absolute atomic E-state index is 11.2. The second-order valence-electron chi connectivity index (χ2n) is 7.80. The van der Waals surface area contributed by atoms with Gasteiger partial charge in [0.15, 0.2) is 0 Å². The number of hydrogen-bond donors (Lipinski definition) is 1. The van der Waals surface area contributed by atoms with Gasteiger partial charge in [0.2, 0.25) is 0 Å². The molecule has 0 unspecified atom stereocenters. The Labute approximate surface area is 156 Å². The first-order chi connectivity index (χ1) is 11.6. The lowest BCUT2D eigenvalue weighted by Crippen LogP contribution is -2.41. The number of halogens is 1. The quantitative estimate of drug-likeness (QED) is 0.871. The molecule has 1 heterocycles. The van der Waals surface area contributed by atoms with Crippen LogP contribution in [0.5, 0.6) is 0 Å². The van der Waals surface area contributed by atoms with Crippen molar-refractivity contribution in [3.63, 3.8) is 0 Å². The fourth-order valence-corrected chi connectivity index (χ4v) is 5.37. The van der Waals surface area contributed by atoms with Gasteiger partial charge >= 0.3 is 6.09 Å². The summed E-state index contributed by atoms with van der Waals surface area (Å²) >= 11 is 0. The summed E-state index contributed by atoms with van der Waals surface area (Å²) in [4.78, 5) is 15.4. The molecule has 25 heavy (non-hydrogen) atoms. The van der Waals surface area contributed by atoms with Crippen LogP contribution in [0.25, 0.3) is 0 Å². The highest BCUT2D eigenvalue weighted by molar-refractivity contribution is 5.85. The smallest absolute Gasteiger partial charge is 0.407 e. The predicted molar refractivity (Wildman–Crippen MR) is 102 cm³/mol. The van der Waals surface area contributed by atoms with Crippen LogP contribution in [0.4, 0.5) is 4.79 Å². The molecule has 1 amide bonds. The molecule has 0 bridgehead atoms. The molecule has 1 aromatic rings. The molecule has 0 spiro atoms. The van der Waals surface area contributed by atoms with E-state index >= 15 is 0 Å². The van der Waals surface area contributed by atoms with Crippen molar-refractivity contribution in [3.8, 4) is 0 Å². The summed E-state index contributed by atoms with van der Waals surface area (Å²) in [6.45, 7) is 1.75. The summed E-state index contributed by atoms with van der Waals surface area (Å²) in [5.41, 5.74) is 4.14. The van der Waals surface area contributed by atoms with E-state index in [0.29, 0.717) is 18.5 Å². The maximum Gasteiger partial charge on any atom is 0.407 e. The van der Waals surface area contributed by atoms with Crippen molar-refractivity contribution in [1.82, 2.24) is 9.80 Å². The van der Waals surface area contributed by atoms with Crippen LogP contribution >= 0.6 is 12.4 Å². The third-order valence-corrected chi connectivity index (χ3v) is 6.52. The summed E-state index contributed by atoms with van der Waals surface area (Å²) in [5, 5.41) is 9.17. The lowest BCUT2D eigenvalue weighted by atomic mass is 9.77. The van der Waals surface area contributed by atoms with E-state index in [1.54, 1.807) is 7.05 Å². The Hall–Kier alpha value is -1.26. The summed E-state index contributed by atoms with van der Waals surface area (Å²) in [6, 6.07) is 8.08. The van der Waals surface area contributed by atoms with E-state index < -0.39 is 6.09 Å². The van der Waals surface area contributed by atoms with Crippen molar-refractivity contribution in [2.24, 2.45) is 0 Å². The van der Waals surface area contributed by atoms with Crippen LogP contribution in [-0.2, 0) is 13.0 Å². The van der Waals surface area contributed by atoms with Gasteiger partial charge in [-0.1, -0.05) is 31.0 Å². The molecule has 1 aromatic carbocycles. The van der Waals surface area contributed by atoms with Gasteiger partial charge in [0.25, 0.3) is 0 Å².